The molecule has 3 rings (SSSR count). The van der Waals surface area contributed by atoms with Crippen LogP contribution < -0.4 is 0 Å². The Balaban J connectivity index is 1.55. The van der Waals surface area contributed by atoms with E-state index in [-0.39, 0.29) is 11.9 Å². The Bertz CT molecular complexity index is 668. The van der Waals surface area contributed by atoms with E-state index < -0.39 is 6.10 Å². The molecule has 1 amide bonds. The number of hydrogen-bond donors (Lipinski definition) is 1. The molecule has 1 aliphatic heterocycles. The summed E-state index contributed by atoms with van der Waals surface area (Å²) in [5.74, 6) is 0.182. The number of benzene rings is 1. The first-order valence-corrected chi connectivity index (χ1v) is 8.63. The van der Waals surface area contributed by atoms with E-state index in [0.29, 0.717) is 12.8 Å². The Morgan fingerprint density at radius 1 is 1.38 bits per heavy atom. The molecule has 24 heavy (non-hydrogen) atoms. The number of amides is 1. The summed E-state index contributed by atoms with van der Waals surface area (Å²) in [5, 5.41) is 14.6. The van der Waals surface area contributed by atoms with Crippen molar-refractivity contribution in [3.05, 3.63) is 53.9 Å². The molecule has 2 atom stereocenters. The fraction of sp³-hybridized carbons (Fsp3) is 0.474. The number of aryl methyl sites for hydroxylation is 2. The largest absolute Gasteiger partial charge is 0.388 e. The van der Waals surface area contributed by atoms with E-state index in [1.54, 1.807) is 4.68 Å². The van der Waals surface area contributed by atoms with E-state index in [9.17, 15) is 9.90 Å². The smallest absolute Gasteiger partial charge is 0.223 e. The van der Waals surface area contributed by atoms with Gasteiger partial charge in [-0.25, -0.2) is 0 Å². The molecule has 0 spiro atoms. The maximum atomic E-state index is 12.6. The van der Waals surface area contributed by atoms with Gasteiger partial charge in [0.2, 0.25) is 5.91 Å². The van der Waals surface area contributed by atoms with Crippen molar-refractivity contribution in [2.45, 2.75) is 44.2 Å². The van der Waals surface area contributed by atoms with Crippen LogP contribution in [0.25, 0.3) is 0 Å². The molecule has 0 saturated carbocycles. The normalized spacial score (nSPS) is 18.8. The molecule has 1 aromatic carbocycles. The van der Waals surface area contributed by atoms with Crippen molar-refractivity contribution in [1.29, 1.82) is 0 Å². The number of nitrogens with zero attached hydrogens (tertiary/aromatic N) is 3. The Labute approximate surface area is 142 Å². The second-order valence-corrected chi connectivity index (χ2v) is 6.57. The summed E-state index contributed by atoms with van der Waals surface area (Å²) in [6.45, 7) is 0.804. The van der Waals surface area contributed by atoms with E-state index in [0.717, 1.165) is 36.9 Å². The average Bonchev–Trinajstić information content (AvgIpc) is 3.22. The zero-order chi connectivity index (χ0) is 16.9. The quantitative estimate of drug-likeness (QED) is 0.887. The average molecular weight is 327 g/mol. The van der Waals surface area contributed by atoms with Gasteiger partial charge in [-0.1, -0.05) is 30.3 Å². The Kier molecular flexibility index (Phi) is 5.30. The lowest BCUT2D eigenvalue weighted by Crippen LogP contribution is -2.36. The molecule has 1 N–H and O–H groups in total. The van der Waals surface area contributed by atoms with Gasteiger partial charge in [-0.3, -0.25) is 9.48 Å². The molecule has 0 radical (unpaired) electrons. The molecule has 2 unspecified atom stereocenters. The lowest BCUT2D eigenvalue weighted by Gasteiger charge is -2.27. The van der Waals surface area contributed by atoms with Gasteiger partial charge in [0.15, 0.2) is 0 Å². The van der Waals surface area contributed by atoms with Gasteiger partial charge in [-0.15, -0.1) is 0 Å². The maximum Gasteiger partial charge on any atom is 0.223 e. The monoisotopic (exact) mass is 327 g/mol. The van der Waals surface area contributed by atoms with E-state index in [1.165, 1.54) is 0 Å². The summed E-state index contributed by atoms with van der Waals surface area (Å²) in [6, 6.07) is 9.83. The van der Waals surface area contributed by atoms with E-state index in [1.807, 2.05) is 54.7 Å². The van der Waals surface area contributed by atoms with Crippen LogP contribution in [0.1, 0.15) is 42.9 Å². The van der Waals surface area contributed by atoms with Gasteiger partial charge in [0.1, 0.15) is 0 Å². The molecule has 0 bridgehead atoms. The molecule has 5 nitrogen and oxygen atoms in total. The van der Waals surface area contributed by atoms with Crippen LogP contribution in [0.3, 0.4) is 0 Å². The first-order chi connectivity index (χ1) is 11.6. The maximum absolute atomic E-state index is 12.6. The predicted molar refractivity (Wildman–Crippen MR) is 92.3 cm³/mol. The van der Waals surface area contributed by atoms with Gasteiger partial charge in [-0.05, 0) is 36.8 Å². The van der Waals surface area contributed by atoms with Crippen molar-refractivity contribution in [3.63, 3.8) is 0 Å². The van der Waals surface area contributed by atoms with Crippen LogP contribution in [0.2, 0.25) is 0 Å². The number of hydrogen-bond acceptors (Lipinski definition) is 3. The Morgan fingerprint density at radius 2 is 2.17 bits per heavy atom. The van der Waals surface area contributed by atoms with Gasteiger partial charge in [0.05, 0.1) is 12.3 Å². The molecule has 1 fully saturated rings. The first-order valence-electron chi connectivity index (χ1n) is 8.63. The van der Waals surface area contributed by atoms with Gasteiger partial charge >= 0.3 is 0 Å². The highest BCUT2D eigenvalue weighted by molar-refractivity contribution is 5.77. The highest BCUT2D eigenvalue weighted by Gasteiger charge is 2.30. The second-order valence-electron chi connectivity index (χ2n) is 6.57. The Hall–Kier alpha value is -2.14. The fourth-order valence-electron chi connectivity index (χ4n) is 3.47. The number of aromatic nitrogens is 2. The first kappa shape index (κ1) is 16.7. The summed E-state index contributed by atoms with van der Waals surface area (Å²) in [4.78, 5) is 14.5. The zero-order valence-electron chi connectivity index (χ0n) is 14.1. The van der Waals surface area contributed by atoms with Crippen LogP contribution in [0.4, 0.5) is 0 Å². The number of likely N-dealkylation sites (tertiary alicyclic amines) is 1. The second kappa shape index (κ2) is 7.62. The van der Waals surface area contributed by atoms with Crippen LogP contribution in [0, 0.1) is 0 Å². The van der Waals surface area contributed by atoms with Crippen molar-refractivity contribution >= 4 is 5.91 Å². The minimum atomic E-state index is -0.511. The van der Waals surface area contributed by atoms with E-state index >= 15 is 0 Å². The van der Waals surface area contributed by atoms with E-state index in [4.69, 9.17) is 0 Å². The topological polar surface area (TPSA) is 58.4 Å². The summed E-state index contributed by atoms with van der Waals surface area (Å²) < 4.78 is 1.76. The fourth-order valence-corrected chi connectivity index (χ4v) is 3.47. The molecule has 5 heteroatoms. The Morgan fingerprint density at radius 3 is 2.88 bits per heavy atom. The molecule has 1 aromatic heterocycles. The summed E-state index contributed by atoms with van der Waals surface area (Å²) in [6.07, 6.45) is 7.08. The van der Waals surface area contributed by atoms with Gasteiger partial charge in [0.25, 0.3) is 0 Å². The third-order valence-electron chi connectivity index (χ3n) is 4.76. The number of aliphatic hydroxyl groups is 1. The summed E-state index contributed by atoms with van der Waals surface area (Å²) >= 11 is 0. The van der Waals surface area contributed by atoms with Crippen molar-refractivity contribution < 1.29 is 9.90 Å². The number of aliphatic hydroxyl groups excluding tert-OH is 1. The zero-order valence-corrected chi connectivity index (χ0v) is 14.1. The van der Waals surface area contributed by atoms with Crippen molar-refractivity contribution in [1.82, 2.24) is 14.7 Å². The van der Waals surface area contributed by atoms with Gasteiger partial charge in [0, 0.05) is 32.3 Å². The summed E-state index contributed by atoms with van der Waals surface area (Å²) in [7, 11) is 1.88. The molecule has 1 saturated heterocycles. The minimum absolute atomic E-state index is 0.140. The molecule has 2 aromatic rings. The lowest BCUT2D eigenvalue weighted by atomic mass is 10.0. The highest BCUT2D eigenvalue weighted by atomic mass is 16.3. The molecule has 2 heterocycles. The van der Waals surface area contributed by atoms with Crippen LogP contribution in [-0.4, -0.2) is 38.3 Å². The summed E-state index contributed by atoms with van der Waals surface area (Å²) in [5.41, 5.74) is 2.01. The van der Waals surface area contributed by atoms with Crippen molar-refractivity contribution in [3.8, 4) is 0 Å². The number of rotatable bonds is 6. The third-order valence-corrected chi connectivity index (χ3v) is 4.76. The predicted octanol–water partition coefficient (Wildman–Crippen LogP) is 2.47. The van der Waals surface area contributed by atoms with Gasteiger partial charge < -0.3 is 10.0 Å². The van der Waals surface area contributed by atoms with Crippen molar-refractivity contribution in [2.24, 2.45) is 7.05 Å². The van der Waals surface area contributed by atoms with Crippen molar-refractivity contribution in [2.75, 3.05) is 6.54 Å². The highest BCUT2D eigenvalue weighted by Crippen LogP contribution is 2.28. The van der Waals surface area contributed by atoms with E-state index in [2.05, 4.69) is 5.10 Å². The lowest BCUT2D eigenvalue weighted by molar-refractivity contribution is -0.132. The van der Waals surface area contributed by atoms with Gasteiger partial charge in [-0.2, -0.15) is 5.10 Å². The van der Waals surface area contributed by atoms with Crippen LogP contribution in [-0.2, 0) is 18.3 Å². The minimum Gasteiger partial charge on any atom is -0.388 e. The third kappa shape index (κ3) is 4.03. The SMILES string of the molecule is Cn1cc(CCC(=O)N2CCCC2CC(O)c2ccccc2)cn1. The molecule has 0 aliphatic carbocycles. The standard InChI is InChI=1S/C19H25N3O2/c1-21-14-15(13-20-21)9-10-19(24)22-11-5-8-17(22)12-18(23)16-6-3-2-4-7-16/h2-4,6-7,13-14,17-18,23H,5,8-12H2,1H3. The number of carbonyl (C=O) groups is 1. The van der Waals surface area contributed by atoms with Crippen LogP contribution >= 0.6 is 0 Å². The van der Waals surface area contributed by atoms with Crippen LogP contribution in [0.15, 0.2) is 42.7 Å². The molecular formula is C19H25N3O2. The number of carbonyl (C=O) groups excluding carboxylic acids is 1. The van der Waals surface area contributed by atoms with Crippen LogP contribution in [0.5, 0.6) is 0 Å². The molecule has 1 aliphatic rings. The molecule has 128 valence electrons. The molecular weight excluding hydrogens is 302 g/mol.